The van der Waals surface area contributed by atoms with Crippen LogP contribution in [0.1, 0.15) is 29.3 Å². The van der Waals surface area contributed by atoms with E-state index in [1.165, 1.54) is 0 Å². The maximum absolute atomic E-state index is 12.8. The second-order valence-corrected chi connectivity index (χ2v) is 6.63. The maximum atomic E-state index is 12.8. The first-order valence-electron chi connectivity index (χ1n) is 8.84. The number of methoxy groups -OCH3 is 2. The highest BCUT2D eigenvalue weighted by molar-refractivity contribution is 5.95. The summed E-state index contributed by atoms with van der Waals surface area (Å²) in [5.41, 5.74) is 1.60. The number of rotatable bonds is 6. The van der Waals surface area contributed by atoms with E-state index in [2.05, 4.69) is 6.92 Å². The highest BCUT2D eigenvalue weighted by Crippen LogP contribution is 2.39. The van der Waals surface area contributed by atoms with E-state index in [1.54, 1.807) is 26.4 Å². The van der Waals surface area contributed by atoms with E-state index in [0.717, 1.165) is 25.1 Å². The van der Waals surface area contributed by atoms with Crippen molar-refractivity contribution in [3.8, 4) is 17.2 Å². The van der Waals surface area contributed by atoms with Crippen molar-refractivity contribution in [2.24, 2.45) is 5.92 Å². The van der Waals surface area contributed by atoms with Gasteiger partial charge in [0.05, 0.1) is 14.2 Å². The molecule has 1 fully saturated rings. The van der Waals surface area contributed by atoms with Gasteiger partial charge in [0.2, 0.25) is 5.75 Å². The minimum Gasteiger partial charge on any atom is -0.493 e. The van der Waals surface area contributed by atoms with Gasteiger partial charge in [0.1, 0.15) is 6.61 Å². The number of hydrogen-bond donors (Lipinski definition) is 0. The molecule has 0 aromatic heterocycles. The van der Waals surface area contributed by atoms with Gasteiger partial charge in [0.25, 0.3) is 5.91 Å². The first kappa shape index (κ1) is 18.1. The molecule has 5 heteroatoms. The Labute approximate surface area is 154 Å². The first-order chi connectivity index (χ1) is 12.6. The molecule has 1 amide bonds. The SMILES string of the molecule is COc1cc(C(=O)N2CC[C@H](C)C2)cc(OC)c1OCc1ccccc1. The molecule has 0 spiro atoms. The lowest BCUT2D eigenvalue weighted by Gasteiger charge is -2.19. The molecule has 138 valence electrons. The van der Waals surface area contributed by atoms with Crippen molar-refractivity contribution >= 4 is 5.91 Å². The van der Waals surface area contributed by atoms with Crippen LogP contribution in [-0.4, -0.2) is 38.1 Å². The molecule has 0 saturated carbocycles. The predicted molar refractivity (Wildman–Crippen MR) is 100 cm³/mol. The van der Waals surface area contributed by atoms with Gasteiger partial charge in [0, 0.05) is 18.7 Å². The fourth-order valence-corrected chi connectivity index (χ4v) is 3.18. The van der Waals surface area contributed by atoms with Gasteiger partial charge in [-0.05, 0) is 30.0 Å². The summed E-state index contributed by atoms with van der Waals surface area (Å²) in [5.74, 6) is 2.04. The second-order valence-electron chi connectivity index (χ2n) is 6.63. The van der Waals surface area contributed by atoms with Gasteiger partial charge in [-0.2, -0.15) is 0 Å². The van der Waals surface area contributed by atoms with Gasteiger partial charge in [0.15, 0.2) is 11.5 Å². The Hall–Kier alpha value is -2.69. The Balaban J connectivity index is 1.84. The molecule has 1 heterocycles. The molecule has 0 aliphatic carbocycles. The van der Waals surface area contributed by atoms with Crippen molar-refractivity contribution in [3.63, 3.8) is 0 Å². The van der Waals surface area contributed by atoms with Crippen LogP contribution in [0.2, 0.25) is 0 Å². The lowest BCUT2D eigenvalue weighted by atomic mass is 10.1. The lowest BCUT2D eigenvalue weighted by Crippen LogP contribution is -2.28. The van der Waals surface area contributed by atoms with Crippen molar-refractivity contribution in [2.45, 2.75) is 20.0 Å². The molecule has 3 rings (SSSR count). The lowest BCUT2D eigenvalue weighted by molar-refractivity contribution is 0.0787. The molecule has 0 N–H and O–H groups in total. The largest absolute Gasteiger partial charge is 0.493 e. The van der Waals surface area contributed by atoms with Crippen LogP contribution in [0.15, 0.2) is 42.5 Å². The fourth-order valence-electron chi connectivity index (χ4n) is 3.18. The Morgan fingerprint density at radius 1 is 1.12 bits per heavy atom. The molecule has 0 radical (unpaired) electrons. The number of likely N-dealkylation sites (tertiary alicyclic amines) is 1. The number of nitrogens with zero attached hydrogens (tertiary/aromatic N) is 1. The molecule has 5 nitrogen and oxygen atoms in total. The molecule has 2 aromatic carbocycles. The highest BCUT2D eigenvalue weighted by atomic mass is 16.5. The third-order valence-corrected chi connectivity index (χ3v) is 4.64. The Morgan fingerprint density at radius 2 is 1.77 bits per heavy atom. The molecule has 1 saturated heterocycles. The van der Waals surface area contributed by atoms with Gasteiger partial charge in [-0.25, -0.2) is 0 Å². The molecule has 0 unspecified atom stereocenters. The van der Waals surface area contributed by atoms with Crippen LogP contribution in [0, 0.1) is 5.92 Å². The smallest absolute Gasteiger partial charge is 0.254 e. The predicted octanol–water partition coefficient (Wildman–Crippen LogP) is 3.76. The van der Waals surface area contributed by atoms with Crippen molar-refractivity contribution in [1.29, 1.82) is 0 Å². The van der Waals surface area contributed by atoms with Crippen LogP contribution < -0.4 is 14.2 Å². The van der Waals surface area contributed by atoms with Crippen LogP contribution in [-0.2, 0) is 6.61 Å². The van der Waals surface area contributed by atoms with Crippen LogP contribution in [0.3, 0.4) is 0 Å². The zero-order chi connectivity index (χ0) is 18.5. The van der Waals surface area contributed by atoms with Gasteiger partial charge in [-0.15, -0.1) is 0 Å². The van der Waals surface area contributed by atoms with Crippen LogP contribution in [0.25, 0.3) is 0 Å². The second kappa shape index (κ2) is 8.13. The summed E-state index contributed by atoms with van der Waals surface area (Å²) in [7, 11) is 3.13. The van der Waals surface area contributed by atoms with Crippen LogP contribution >= 0.6 is 0 Å². The molecular formula is C21H25NO4. The molecular weight excluding hydrogens is 330 g/mol. The van der Waals surface area contributed by atoms with E-state index >= 15 is 0 Å². The number of ether oxygens (including phenoxy) is 3. The summed E-state index contributed by atoms with van der Waals surface area (Å²) in [5, 5.41) is 0. The summed E-state index contributed by atoms with van der Waals surface area (Å²) in [4.78, 5) is 14.7. The zero-order valence-corrected chi connectivity index (χ0v) is 15.5. The minimum atomic E-state index is 0.000518. The summed E-state index contributed by atoms with van der Waals surface area (Å²) in [6.45, 7) is 4.13. The van der Waals surface area contributed by atoms with Crippen molar-refractivity contribution in [2.75, 3.05) is 27.3 Å². The van der Waals surface area contributed by atoms with Crippen LogP contribution in [0.4, 0.5) is 0 Å². The van der Waals surface area contributed by atoms with E-state index < -0.39 is 0 Å². The number of benzene rings is 2. The maximum Gasteiger partial charge on any atom is 0.254 e. The van der Waals surface area contributed by atoms with E-state index in [9.17, 15) is 4.79 Å². The van der Waals surface area contributed by atoms with Gasteiger partial charge >= 0.3 is 0 Å². The van der Waals surface area contributed by atoms with Gasteiger partial charge in [-0.1, -0.05) is 37.3 Å². The Bertz CT molecular complexity index is 735. The summed E-state index contributed by atoms with van der Waals surface area (Å²) in [6, 6.07) is 13.3. The molecule has 26 heavy (non-hydrogen) atoms. The summed E-state index contributed by atoms with van der Waals surface area (Å²) >= 11 is 0. The third kappa shape index (κ3) is 3.93. The zero-order valence-electron chi connectivity index (χ0n) is 15.5. The standard InChI is InChI=1S/C21H25NO4/c1-15-9-10-22(13-15)21(23)17-11-18(24-2)20(19(12-17)25-3)26-14-16-7-5-4-6-8-16/h4-8,11-12,15H,9-10,13-14H2,1-3H3/t15-/m0/s1. The fraction of sp³-hybridized carbons (Fsp3) is 0.381. The number of amides is 1. The third-order valence-electron chi connectivity index (χ3n) is 4.64. The average molecular weight is 355 g/mol. The van der Waals surface area contributed by atoms with E-state index in [0.29, 0.717) is 35.3 Å². The molecule has 1 atom stereocenters. The van der Waals surface area contributed by atoms with E-state index in [1.807, 2.05) is 35.2 Å². The summed E-state index contributed by atoms with van der Waals surface area (Å²) < 4.78 is 16.9. The van der Waals surface area contributed by atoms with E-state index in [4.69, 9.17) is 14.2 Å². The average Bonchev–Trinajstić information content (AvgIpc) is 3.12. The molecule has 0 bridgehead atoms. The van der Waals surface area contributed by atoms with E-state index in [-0.39, 0.29) is 5.91 Å². The highest BCUT2D eigenvalue weighted by Gasteiger charge is 2.26. The topological polar surface area (TPSA) is 48.0 Å². The molecule has 1 aliphatic heterocycles. The van der Waals surface area contributed by atoms with Gasteiger partial charge < -0.3 is 19.1 Å². The van der Waals surface area contributed by atoms with Gasteiger partial charge in [-0.3, -0.25) is 4.79 Å². The Kier molecular flexibility index (Phi) is 5.66. The normalized spacial score (nSPS) is 16.4. The van der Waals surface area contributed by atoms with Crippen molar-refractivity contribution < 1.29 is 19.0 Å². The van der Waals surface area contributed by atoms with Crippen molar-refractivity contribution in [1.82, 2.24) is 4.90 Å². The van der Waals surface area contributed by atoms with Crippen molar-refractivity contribution in [3.05, 3.63) is 53.6 Å². The first-order valence-corrected chi connectivity index (χ1v) is 8.84. The molecule has 2 aromatic rings. The molecule has 1 aliphatic rings. The number of carbonyl (C=O) groups is 1. The quantitative estimate of drug-likeness (QED) is 0.791. The number of hydrogen-bond acceptors (Lipinski definition) is 4. The Morgan fingerprint density at radius 3 is 2.31 bits per heavy atom. The monoisotopic (exact) mass is 355 g/mol. The number of carbonyl (C=O) groups excluding carboxylic acids is 1. The summed E-state index contributed by atoms with van der Waals surface area (Å²) in [6.07, 6.45) is 1.04. The minimum absolute atomic E-state index is 0.000518. The van der Waals surface area contributed by atoms with Crippen LogP contribution in [0.5, 0.6) is 17.2 Å².